The molecule has 0 aliphatic rings. The quantitative estimate of drug-likeness (QED) is 0.661. The van der Waals surface area contributed by atoms with Crippen LogP contribution >= 0.6 is 0 Å². The van der Waals surface area contributed by atoms with Gasteiger partial charge in [-0.1, -0.05) is 24.3 Å². The van der Waals surface area contributed by atoms with Crippen molar-refractivity contribution in [3.05, 3.63) is 48.5 Å². The zero-order chi connectivity index (χ0) is 19.6. The van der Waals surface area contributed by atoms with E-state index in [4.69, 9.17) is 9.47 Å². The van der Waals surface area contributed by atoms with Crippen molar-refractivity contribution in [2.45, 2.75) is 26.8 Å². The molecule has 0 aliphatic carbocycles. The van der Waals surface area contributed by atoms with Gasteiger partial charge in [0, 0.05) is 6.04 Å². The van der Waals surface area contributed by atoms with E-state index in [9.17, 15) is 9.59 Å². The number of carbonyl (C=O) groups is 2. The summed E-state index contributed by atoms with van der Waals surface area (Å²) in [5, 5.41) is 8.20. The van der Waals surface area contributed by atoms with Gasteiger partial charge in [0.2, 0.25) is 0 Å². The highest BCUT2D eigenvalue weighted by molar-refractivity contribution is 5.99. The van der Waals surface area contributed by atoms with E-state index in [-0.39, 0.29) is 24.6 Å². The fourth-order valence-electron chi connectivity index (χ4n) is 2.30. The number of hydrogen-bond donors (Lipinski definition) is 3. The first-order valence-corrected chi connectivity index (χ1v) is 8.80. The summed E-state index contributed by atoms with van der Waals surface area (Å²) in [6.45, 7) is 5.93. The topological polar surface area (TPSA) is 88.7 Å². The van der Waals surface area contributed by atoms with Gasteiger partial charge in [0.25, 0.3) is 5.91 Å². The second-order valence-electron chi connectivity index (χ2n) is 6.02. The first-order valence-electron chi connectivity index (χ1n) is 8.80. The number of anilines is 2. The van der Waals surface area contributed by atoms with Crippen molar-refractivity contribution >= 4 is 23.3 Å². The Kier molecular flexibility index (Phi) is 7.49. The number of amides is 3. The Morgan fingerprint density at radius 3 is 2.04 bits per heavy atom. The number of benzene rings is 2. The van der Waals surface area contributed by atoms with Crippen LogP contribution in [0, 0.1) is 0 Å². The van der Waals surface area contributed by atoms with E-state index in [1.54, 1.807) is 36.4 Å². The van der Waals surface area contributed by atoms with E-state index in [0.717, 1.165) is 0 Å². The maximum Gasteiger partial charge on any atom is 0.319 e. The Morgan fingerprint density at radius 1 is 0.889 bits per heavy atom. The van der Waals surface area contributed by atoms with E-state index in [0.29, 0.717) is 29.5 Å². The van der Waals surface area contributed by atoms with Gasteiger partial charge in [0.05, 0.1) is 18.0 Å². The van der Waals surface area contributed by atoms with Crippen molar-refractivity contribution in [2.75, 3.05) is 23.8 Å². The standard InChI is InChI=1S/C20H25N3O4/c1-4-26-17-11-7-8-12-18(17)27-13-19(24)22-15-9-5-6-10-16(15)23-20(25)21-14(2)3/h5-12,14H,4,13H2,1-3H3,(H,22,24)(H2,21,23,25). The first kappa shape index (κ1) is 20.1. The maximum absolute atomic E-state index is 12.3. The van der Waals surface area contributed by atoms with Gasteiger partial charge in [-0.05, 0) is 45.0 Å². The minimum Gasteiger partial charge on any atom is -0.490 e. The molecule has 2 aromatic rings. The van der Waals surface area contributed by atoms with Crippen molar-refractivity contribution < 1.29 is 19.1 Å². The molecule has 144 valence electrons. The average Bonchev–Trinajstić information content (AvgIpc) is 2.62. The molecular weight excluding hydrogens is 346 g/mol. The Balaban J connectivity index is 1.97. The number of hydrogen-bond acceptors (Lipinski definition) is 4. The third-order valence-electron chi connectivity index (χ3n) is 3.38. The molecule has 0 aliphatic heterocycles. The Hall–Kier alpha value is -3.22. The van der Waals surface area contributed by atoms with Crippen LogP contribution in [-0.2, 0) is 4.79 Å². The predicted molar refractivity (Wildman–Crippen MR) is 105 cm³/mol. The highest BCUT2D eigenvalue weighted by Crippen LogP contribution is 2.26. The highest BCUT2D eigenvalue weighted by atomic mass is 16.5. The molecule has 0 radical (unpaired) electrons. The summed E-state index contributed by atoms with van der Waals surface area (Å²) in [6, 6.07) is 13.8. The van der Waals surface area contributed by atoms with Crippen molar-refractivity contribution in [1.29, 1.82) is 0 Å². The van der Waals surface area contributed by atoms with Crippen LogP contribution in [0.2, 0.25) is 0 Å². The van der Waals surface area contributed by atoms with Gasteiger partial charge in [-0.15, -0.1) is 0 Å². The first-order chi connectivity index (χ1) is 13.0. The molecule has 0 heterocycles. The molecule has 27 heavy (non-hydrogen) atoms. The Bertz CT molecular complexity index is 777. The van der Waals surface area contributed by atoms with Gasteiger partial charge in [-0.3, -0.25) is 4.79 Å². The second-order valence-corrected chi connectivity index (χ2v) is 6.02. The van der Waals surface area contributed by atoms with Crippen LogP contribution in [-0.4, -0.2) is 31.2 Å². The van der Waals surface area contributed by atoms with E-state index in [2.05, 4.69) is 16.0 Å². The summed E-state index contributed by atoms with van der Waals surface area (Å²) >= 11 is 0. The molecule has 0 unspecified atom stereocenters. The monoisotopic (exact) mass is 371 g/mol. The van der Waals surface area contributed by atoms with E-state index in [1.807, 2.05) is 32.9 Å². The molecule has 0 saturated carbocycles. The van der Waals surface area contributed by atoms with Gasteiger partial charge in [0.1, 0.15) is 0 Å². The van der Waals surface area contributed by atoms with E-state index >= 15 is 0 Å². The minimum atomic E-state index is -0.347. The second kappa shape index (κ2) is 10.1. The normalized spacial score (nSPS) is 10.2. The molecule has 2 rings (SSSR count). The summed E-state index contributed by atoms with van der Waals surface area (Å²) in [7, 11) is 0. The largest absolute Gasteiger partial charge is 0.490 e. The van der Waals surface area contributed by atoms with Crippen molar-refractivity contribution in [2.24, 2.45) is 0 Å². The third kappa shape index (κ3) is 6.54. The third-order valence-corrected chi connectivity index (χ3v) is 3.38. The fraction of sp³-hybridized carbons (Fsp3) is 0.300. The lowest BCUT2D eigenvalue weighted by Gasteiger charge is -2.15. The zero-order valence-corrected chi connectivity index (χ0v) is 15.7. The highest BCUT2D eigenvalue weighted by Gasteiger charge is 2.11. The van der Waals surface area contributed by atoms with Crippen molar-refractivity contribution in [3.63, 3.8) is 0 Å². The van der Waals surface area contributed by atoms with Crippen LogP contribution in [0.5, 0.6) is 11.5 Å². The molecular formula is C20H25N3O4. The molecule has 2 aromatic carbocycles. The van der Waals surface area contributed by atoms with Crippen LogP contribution in [0.25, 0.3) is 0 Å². The van der Waals surface area contributed by atoms with Crippen molar-refractivity contribution in [1.82, 2.24) is 5.32 Å². The summed E-state index contributed by atoms with van der Waals surface area (Å²) in [6.07, 6.45) is 0. The number of para-hydroxylation sites is 4. The number of rotatable bonds is 8. The minimum absolute atomic E-state index is 0.00515. The van der Waals surface area contributed by atoms with Crippen molar-refractivity contribution in [3.8, 4) is 11.5 Å². The number of nitrogens with one attached hydrogen (secondary N) is 3. The molecule has 3 N–H and O–H groups in total. The van der Waals surface area contributed by atoms with Gasteiger partial charge in [-0.25, -0.2) is 4.79 Å². The lowest BCUT2D eigenvalue weighted by molar-refractivity contribution is -0.118. The summed E-state index contributed by atoms with van der Waals surface area (Å²) < 4.78 is 11.0. The molecule has 0 atom stereocenters. The summed E-state index contributed by atoms with van der Waals surface area (Å²) in [5.41, 5.74) is 0.988. The molecule has 7 nitrogen and oxygen atoms in total. The van der Waals surface area contributed by atoms with Gasteiger partial charge < -0.3 is 25.4 Å². The Labute approximate surface area is 159 Å². The number of urea groups is 1. The predicted octanol–water partition coefficient (Wildman–Crippen LogP) is 3.63. The molecule has 0 bridgehead atoms. The molecule has 0 spiro atoms. The lowest BCUT2D eigenvalue weighted by Crippen LogP contribution is -2.34. The zero-order valence-electron chi connectivity index (χ0n) is 15.7. The van der Waals surface area contributed by atoms with Gasteiger partial charge in [0.15, 0.2) is 18.1 Å². The van der Waals surface area contributed by atoms with Gasteiger partial charge in [-0.2, -0.15) is 0 Å². The number of ether oxygens (including phenoxy) is 2. The summed E-state index contributed by atoms with van der Waals surface area (Å²) in [4.78, 5) is 24.2. The smallest absolute Gasteiger partial charge is 0.319 e. The summed E-state index contributed by atoms with van der Waals surface area (Å²) in [5.74, 6) is 0.734. The molecule has 0 fully saturated rings. The lowest BCUT2D eigenvalue weighted by atomic mass is 10.2. The van der Waals surface area contributed by atoms with Crippen LogP contribution in [0.3, 0.4) is 0 Å². The van der Waals surface area contributed by atoms with Crippen LogP contribution < -0.4 is 25.4 Å². The average molecular weight is 371 g/mol. The number of carbonyl (C=O) groups excluding carboxylic acids is 2. The Morgan fingerprint density at radius 2 is 1.44 bits per heavy atom. The molecule has 7 heteroatoms. The van der Waals surface area contributed by atoms with Gasteiger partial charge >= 0.3 is 6.03 Å². The molecule has 0 saturated heterocycles. The van der Waals surface area contributed by atoms with E-state index in [1.165, 1.54) is 0 Å². The van der Waals surface area contributed by atoms with Crippen LogP contribution in [0.1, 0.15) is 20.8 Å². The van der Waals surface area contributed by atoms with Crippen LogP contribution in [0.15, 0.2) is 48.5 Å². The van der Waals surface area contributed by atoms with E-state index < -0.39 is 0 Å². The SMILES string of the molecule is CCOc1ccccc1OCC(=O)Nc1ccccc1NC(=O)NC(C)C. The molecule has 0 aromatic heterocycles. The maximum atomic E-state index is 12.3. The molecule has 3 amide bonds. The van der Waals surface area contributed by atoms with Crippen LogP contribution in [0.4, 0.5) is 16.2 Å². The fourth-order valence-corrected chi connectivity index (χ4v) is 2.30.